The van der Waals surface area contributed by atoms with Crippen LogP contribution in [-0.2, 0) is 4.79 Å². The second-order valence-electron chi connectivity index (χ2n) is 8.84. The van der Waals surface area contributed by atoms with Crippen molar-refractivity contribution in [2.45, 2.75) is 56.9 Å². The van der Waals surface area contributed by atoms with Gasteiger partial charge in [-0.15, -0.1) is 6.42 Å². The van der Waals surface area contributed by atoms with Crippen LogP contribution in [0.1, 0.15) is 48.7 Å². The molecular formula is C26H28O9. The Morgan fingerprint density at radius 2 is 1.97 bits per heavy atom. The number of aliphatic hydroxyl groups excluding tert-OH is 3. The van der Waals surface area contributed by atoms with Gasteiger partial charge in [0.25, 0.3) is 5.97 Å². The highest BCUT2D eigenvalue weighted by molar-refractivity contribution is 5.99. The molecule has 1 aromatic rings. The molecule has 2 aliphatic rings. The third kappa shape index (κ3) is 6.52. The van der Waals surface area contributed by atoms with Crippen LogP contribution in [0.15, 0.2) is 57.8 Å². The standard InChI is InChI=1S/C26H28O9/c1-3-4-15(7-14(2)5-6-26(32,33)34)23-10-17(13-35-23)21(28)9-16-8-18(27)11-19(16)20-12-22(29)25(31)24(20)30/h1,4,7-8,10-11,13,18,20,22,25,27,29,31-34H,5-6,9,12H2,2H3/b14-7+,15-4+/t18?,20?,22-,25+/m1/s1. The van der Waals surface area contributed by atoms with Crippen molar-refractivity contribution in [2.75, 3.05) is 0 Å². The highest BCUT2D eigenvalue weighted by Crippen LogP contribution is 2.38. The zero-order valence-corrected chi connectivity index (χ0v) is 19.1. The fourth-order valence-corrected chi connectivity index (χ4v) is 4.19. The van der Waals surface area contributed by atoms with E-state index < -0.39 is 36.0 Å². The molecule has 6 N–H and O–H groups in total. The van der Waals surface area contributed by atoms with Crippen molar-refractivity contribution >= 4 is 17.1 Å². The molecule has 9 nitrogen and oxygen atoms in total. The van der Waals surface area contributed by atoms with Crippen LogP contribution >= 0.6 is 0 Å². The summed E-state index contributed by atoms with van der Waals surface area (Å²) in [6.07, 6.45) is 8.66. The minimum Gasteiger partial charge on any atom is -0.464 e. The quantitative estimate of drug-likeness (QED) is 0.128. The van der Waals surface area contributed by atoms with Crippen molar-refractivity contribution in [3.05, 3.63) is 64.7 Å². The van der Waals surface area contributed by atoms with E-state index in [0.717, 1.165) is 0 Å². The topological polar surface area (TPSA) is 169 Å². The van der Waals surface area contributed by atoms with E-state index >= 15 is 0 Å². The van der Waals surface area contributed by atoms with Crippen LogP contribution in [0.2, 0.25) is 0 Å². The van der Waals surface area contributed by atoms with Crippen LogP contribution < -0.4 is 0 Å². The minimum absolute atomic E-state index is 0.00976. The Morgan fingerprint density at radius 3 is 2.57 bits per heavy atom. The van der Waals surface area contributed by atoms with Crippen molar-refractivity contribution in [1.82, 2.24) is 0 Å². The number of hydrogen-bond donors (Lipinski definition) is 6. The van der Waals surface area contributed by atoms with Crippen LogP contribution in [0.5, 0.6) is 0 Å². The predicted molar refractivity (Wildman–Crippen MR) is 124 cm³/mol. The number of ketones is 2. The van der Waals surface area contributed by atoms with E-state index in [1.807, 2.05) is 0 Å². The van der Waals surface area contributed by atoms with Crippen LogP contribution in [0, 0.1) is 18.3 Å². The minimum atomic E-state index is -2.79. The van der Waals surface area contributed by atoms with Crippen molar-refractivity contribution in [3.8, 4) is 12.3 Å². The summed E-state index contributed by atoms with van der Waals surface area (Å²) in [6.45, 7) is 1.70. The van der Waals surface area contributed by atoms with E-state index in [4.69, 9.17) is 26.2 Å². The van der Waals surface area contributed by atoms with Gasteiger partial charge in [-0.25, -0.2) is 0 Å². The van der Waals surface area contributed by atoms with Gasteiger partial charge in [0.2, 0.25) is 0 Å². The van der Waals surface area contributed by atoms with E-state index in [2.05, 4.69) is 5.92 Å². The van der Waals surface area contributed by atoms with Gasteiger partial charge in [0.1, 0.15) is 18.1 Å². The van der Waals surface area contributed by atoms with E-state index in [1.165, 1.54) is 30.6 Å². The number of Topliss-reactive ketones (excluding diaryl/α,β-unsaturated/α-hetero) is 2. The van der Waals surface area contributed by atoms with Gasteiger partial charge >= 0.3 is 0 Å². The van der Waals surface area contributed by atoms with Crippen molar-refractivity contribution in [1.29, 1.82) is 0 Å². The number of carbonyl (C=O) groups is 2. The van der Waals surface area contributed by atoms with Crippen LogP contribution in [0.3, 0.4) is 0 Å². The first kappa shape index (κ1) is 26.5. The first-order valence-corrected chi connectivity index (χ1v) is 11.0. The van der Waals surface area contributed by atoms with Gasteiger partial charge in [-0.2, -0.15) is 0 Å². The largest absolute Gasteiger partial charge is 0.464 e. The lowest BCUT2D eigenvalue weighted by molar-refractivity contribution is -0.314. The summed E-state index contributed by atoms with van der Waals surface area (Å²) in [6, 6.07) is 1.49. The summed E-state index contributed by atoms with van der Waals surface area (Å²) in [4.78, 5) is 25.3. The van der Waals surface area contributed by atoms with Gasteiger partial charge in [0.15, 0.2) is 11.6 Å². The maximum absolute atomic E-state index is 13.0. The zero-order valence-electron chi connectivity index (χ0n) is 19.1. The maximum atomic E-state index is 13.0. The number of terminal acetylenes is 1. The van der Waals surface area contributed by atoms with Gasteiger partial charge in [0, 0.05) is 24.3 Å². The average molecular weight is 485 g/mol. The molecule has 35 heavy (non-hydrogen) atoms. The lowest BCUT2D eigenvalue weighted by atomic mass is 9.89. The Hall–Kier alpha value is -3.10. The Balaban J connectivity index is 1.74. The van der Waals surface area contributed by atoms with E-state index in [1.54, 1.807) is 13.0 Å². The molecule has 0 bridgehead atoms. The molecule has 1 saturated carbocycles. The molecule has 0 aromatic carbocycles. The molecule has 3 rings (SSSR count). The maximum Gasteiger partial charge on any atom is 0.275 e. The summed E-state index contributed by atoms with van der Waals surface area (Å²) < 4.78 is 5.52. The Labute approximate surface area is 202 Å². The second kappa shape index (κ2) is 10.7. The van der Waals surface area contributed by atoms with E-state index in [9.17, 15) is 24.9 Å². The molecule has 4 atom stereocenters. The zero-order chi connectivity index (χ0) is 25.9. The molecule has 0 amide bonds. The van der Waals surface area contributed by atoms with Crippen molar-refractivity contribution < 1.29 is 44.6 Å². The number of allylic oxidation sites excluding steroid dienone is 6. The fourth-order valence-electron chi connectivity index (χ4n) is 4.19. The highest BCUT2D eigenvalue weighted by atomic mass is 16.7. The molecule has 0 spiro atoms. The third-order valence-electron chi connectivity index (χ3n) is 6.00. The summed E-state index contributed by atoms with van der Waals surface area (Å²) in [5.74, 6) is -1.81. The molecule has 186 valence electrons. The number of carbonyl (C=O) groups excluding carboxylic acids is 2. The molecule has 9 heteroatoms. The first-order chi connectivity index (χ1) is 16.4. The summed E-state index contributed by atoms with van der Waals surface area (Å²) >= 11 is 0. The predicted octanol–water partition coefficient (Wildman–Crippen LogP) is 0.764. The lowest BCUT2D eigenvalue weighted by Gasteiger charge is -2.13. The van der Waals surface area contributed by atoms with Gasteiger partial charge < -0.3 is 35.1 Å². The Morgan fingerprint density at radius 1 is 1.26 bits per heavy atom. The molecule has 1 heterocycles. The molecule has 2 unspecified atom stereocenters. The van der Waals surface area contributed by atoms with Gasteiger partial charge in [-0.1, -0.05) is 17.6 Å². The van der Waals surface area contributed by atoms with Gasteiger partial charge in [0.05, 0.1) is 17.8 Å². The molecular weight excluding hydrogens is 456 g/mol. The molecule has 0 radical (unpaired) electrons. The van der Waals surface area contributed by atoms with Gasteiger partial charge in [-0.3, -0.25) is 9.59 Å². The van der Waals surface area contributed by atoms with E-state index in [-0.39, 0.29) is 37.0 Å². The molecule has 0 saturated heterocycles. The number of aliphatic hydroxyl groups is 6. The second-order valence-corrected chi connectivity index (χ2v) is 8.84. The molecule has 0 aliphatic heterocycles. The lowest BCUT2D eigenvalue weighted by Crippen LogP contribution is -2.26. The van der Waals surface area contributed by atoms with Crippen LogP contribution in [0.4, 0.5) is 0 Å². The smallest absolute Gasteiger partial charge is 0.275 e. The Bertz CT molecular complexity index is 1150. The molecule has 2 aliphatic carbocycles. The van der Waals surface area contributed by atoms with Crippen molar-refractivity contribution in [2.24, 2.45) is 5.92 Å². The normalized spacial score (nSPS) is 25.5. The number of furan rings is 1. The summed E-state index contributed by atoms with van der Waals surface area (Å²) in [7, 11) is 0. The van der Waals surface area contributed by atoms with Crippen LogP contribution in [0.25, 0.3) is 5.57 Å². The third-order valence-corrected chi connectivity index (χ3v) is 6.00. The number of rotatable bonds is 9. The number of hydrogen-bond acceptors (Lipinski definition) is 9. The van der Waals surface area contributed by atoms with Crippen LogP contribution in [-0.4, -0.2) is 66.5 Å². The monoisotopic (exact) mass is 484 g/mol. The SMILES string of the molecule is C#C/C=C(\C=C(/C)CCC(O)(O)O)c1cc(C(=O)CC2=CC(O)C=C2C2C[C@@H](O)[C@H](O)C2=O)co1. The highest BCUT2D eigenvalue weighted by Gasteiger charge is 2.43. The molecule has 1 fully saturated rings. The Kier molecular flexibility index (Phi) is 8.07. The molecule has 1 aromatic heterocycles. The van der Waals surface area contributed by atoms with Gasteiger partial charge in [-0.05, 0) is 55.2 Å². The summed E-state index contributed by atoms with van der Waals surface area (Å²) in [5, 5.41) is 56.8. The summed E-state index contributed by atoms with van der Waals surface area (Å²) in [5.41, 5.74) is 2.23. The first-order valence-electron chi connectivity index (χ1n) is 11.0. The average Bonchev–Trinajstić information content (AvgIpc) is 3.46. The van der Waals surface area contributed by atoms with E-state index in [0.29, 0.717) is 28.1 Å². The fraction of sp³-hybridized carbons (Fsp3) is 0.385. The van der Waals surface area contributed by atoms with Crippen molar-refractivity contribution in [3.63, 3.8) is 0 Å².